The molecule has 0 atom stereocenters. The number of aromatic nitrogens is 2. The van der Waals surface area contributed by atoms with Gasteiger partial charge in [0.2, 0.25) is 0 Å². The molecule has 3 aromatic carbocycles. The van der Waals surface area contributed by atoms with E-state index in [0.717, 1.165) is 44.9 Å². The molecule has 0 aliphatic heterocycles. The van der Waals surface area contributed by atoms with Crippen LogP contribution < -0.4 is 10.6 Å². The summed E-state index contributed by atoms with van der Waals surface area (Å²) in [5.41, 5.74) is 14.1. The fraction of sp³-hybridized carbons (Fsp3) is 0.107. The molecule has 158 valence electrons. The van der Waals surface area contributed by atoms with Crippen LogP contribution in [0.2, 0.25) is 0 Å². The van der Waals surface area contributed by atoms with Gasteiger partial charge in [0.15, 0.2) is 0 Å². The van der Waals surface area contributed by atoms with E-state index in [1.165, 1.54) is 5.56 Å². The van der Waals surface area contributed by atoms with Gasteiger partial charge in [0.25, 0.3) is 0 Å². The molecule has 0 aliphatic carbocycles. The van der Waals surface area contributed by atoms with E-state index in [0.29, 0.717) is 6.54 Å². The predicted octanol–water partition coefficient (Wildman–Crippen LogP) is 6.07. The molecule has 0 saturated heterocycles. The fourth-order valence-corrected chi connectivity index (χ4v) is 4.28. The molecule has 0 spiro atoms. The van der Waals surface area contributed by atoms with Crippen molar-refractivity contribution in [3.8, 4) is 22.4 Å². The summed E-state index contributed by atoms with van der Waals surface area (Å²) in [5.74, 6) is 0.848. The molecule has 32 heavy (non-hydrogen) atoms. The smallest absolute Gasteiger partial charge is 0.145 e. The monoisotopic (exact) mass is 418 g/mol. The zero-order valence-electron chi connectivity index (χ0n) is 18.4. The van der Waals surface area contributed by atoms with Crippen LogP contribution in [0.5, 0.6) is 0 Å². The van der Waals surface area contributed by atoms with Gasteiger partial charge in [-0.25, -0.2) is 4.98 Å². The Hall–Kier alpha value is -4.05. The largest absolute Gasteiger partial charge is 0.398 e. The second-order valence-corrected chi connectivity index (χ2v) is 8.19. The first-order valence-electron chi connectivity index (χ1n) is 10.8. The lowest BCUT2D eigenvalue weighted by Gasteiger charge is -2.14. The number of nitrogens with zero attached hydrogens (tertiary/aromatic N) is 3. The Kier molecular flexibility index (Phi) is 5.12. The maximum atomic E-state index is 6.71. The van der Waals surface area contributed by atoms with Crippen molar-refractivity contribution in [1.29, 1.82) is 0 Å². The van der Waals surface area contributed by atoms with Gasteiger partial charge in [-0.15, -0.1) is 0 Å². The Morgan fingerprint density at radius 3 is 1.94 bits per heavy atom. The van der Waals surface area contributed by atoms with Crippen LogP contribution in [0.4, 0.5) is 11.5 Å². The van der Waals surface area contributed by atoms with E-state index in [9.17, 15) is 0 Å². The van der Waals surface area contributed by atoms with Gasteiger partial charge in [-0.05, 0) is 16.7 Å². The standard InChI is InChI=1S/C28H26N4/c1-31(2)24-18-23(29)26-25(21-14-8-4-9-15-21)27(22-16-10-5-11-17-22)32(28(26)30-24)19-20-12-6-3-7-13-20/h3-18H,19H2,1-2H3,(H2,29,30). The zero-order chi connectivity index (χ0) is 22.1. The minimum absolute atomic E-state index is 0.706. The van der Waals surface area contributed by atoms with Gasteiger partial charge in [0, 0.05) is 38.0 Å². The first-order valence-corrected chi connectivity index (χ1v) is 10.8. The van der Waals surface area contributed by atoms with Crippen molar-refractivity contribution in [1.82, 2.24) is 9.55 Å². The summed E-state index contributed by atoms with van der Waals surface area (Å²) in [6, 6.07) is 33.5. The van der Waals surface area contributed by atoms with Crippen LogP contribution in [-0.2, 0) is 6.54 Å². The van der Waals surface area contributed by atoms with Crippen LogP contribution in [0, 0.1) is 0 Å². The van der Waals surface area contributed by atoms with E-state index in [4.69, 9.17) is 10.7 Å². The molecule has 2 N–H and O–H groups in total. The molecule has 5 rings (SSSR count). The Morgan fingerprint density at radius 1 is 0.781 bits per heavy atom. The summed E-state index contributed by atoms with van der Waals surface area (Å²) in [7, 11) is 3.99. The first kappa shape index (κ1) is 19.9. The maximum absolute atomic E-state index is 6.71. The van der Waals surface area contributed by atoms with Crippen LogP contribution in [-0.4, -0.2) is 23.6 Å². The predicted molar refractivity (Wildman–Crippen MR) is 135 cm³/mol. The van der Waals surface area contributed by atoms with Crippen molar-refractivity contribution in [3.05, 3.63) is 103 Å². The van der Waals surface area contributed by atoms with Crippen molar-refractivity contribution in [2.75, 3.05) is 24.7 Å². The highest BCUT2D eigenvalue weighted by atomic mass is 15.2. The molecular weight excluding hydrogens is 392 g/mol. The van der Waals surface area contributed by atoms with Crippen molar-refractivity contribution >= 4 is 22.5 Å². The molecule has 5 aromatic rings. The summed E-state index contributed by atoms with van der Waals surface area (Å²) < 4.78 is 2.31. The Balaban J connectivity index is 1.92. The van der Waals surface area contributed by atoms with E-state index >= 15 is 0 Å². The van der Waals surface area contributed by atoms with E-state index in [1.54, 1.807) is 0 Å². The summed E-state index contributed by atoms with van der Waals surface area (Å²) in [5, 5.41) is 0.997. The highest BCUT2D eigenvalue weighted by Gasteiger charge is 2.24. The molecular formula is C28H26N4. The third-order valence-electron chi connectivity index (χ3n) is 5.78. The van der Waals surface area contributed by atoms with E-state index < -0.39 is 0 Å². The van der Waals surface area contributed by atoms with Gasteiger partial charge >= 0.3 is 0 Å². The minimum Gasteiger partial charge on any atom is -0.398 e. The summed E-state index contributed by atoms with van der Waals surface area (Å²) in [6.45, 7) is 0.706. The van der Waals surface area contributed by atoms with Gasteiger partial charge < -0.3 is 15.2 Å². The lowest BCUT2D eigenvalue weighted by molar-refractivity contribution is 0.832. The molecule has 0 saturated carbocycles. The fourth-order valence-electron chi connectivity index (χ4n) is 4.28. The molecule has 0 fully saturated rings. The van der Waals surface area contributed by atoms with Crippen LogP contribution in [0.1, 0.15) is 5.56 Å². The highest BCUT2D eigenvalue weighted by Crippen LogP contribution is 2.43. The number of nitrogens with two attached hydrogens (primary N) is 1. The third-order valence-corrected chi connectivity index (χ3v) is 5.78. The normalized spacial score (nSPS) is 11.1. The molecule has 0 radical (unpaired) electrons. The molecule has 4 nitrogen and oxygen atoms in total. The lowest BCUT2D eigenvalue weighted by atomic mass is 9.98. The van der Waals surface area contributed by atoms with Crippen LogP contribution in [0.3, 0.4) is 0 Å². The molecule has 2 heterocycles. The zero-order valence-corrected chi connectivity index (χ0v) is 18.4. The number of anilines is 2. The van der Waals surface area contributed by atoms with Crippen molar-refractivity contribution in [2.24, 2.45) is 0 Å². The highest BCUT2D eigenvalue weighted by molar-refractivity contribution is 6.09. The van der Waals surface area contributed by atoms with E-state index in [-0.39, 0.29) is 0 Å². The molecule has 0 aliphatic rings. The number of nitrogen functional groups attached to an aromatic ring is 1. The van der Waals surface area contributed by atoms with Crippen LogP contribution >= 0.6 is 0 Å². The van der Waals surface area contributed by atoms with E-state index in [1.807, 2.05) is 43.3 Å². The maximum Gasteiger partial charge on any atom is 0.145 e. The number of fused-ring (bicyclic) bond motifs is 1. The topological polar surface area (TPSA) is 47.1 Å². The molecule has 2 aromatic heterocycles. The van der Waals surface area contributed by atoms with Gasteiger partial charge in [0.05, 0.1) is 11.1 Å². The van der Waals surface area contributed by atoms with Crippen molar-refractivity contribution in [2.45, 2.75) is 6.54 Å². The van der Waals surface area contributed by atoms with Crippen LogP contribution in [0.25, 0.3) is 33.4 Å². The van der Waals surface area contributed by atoms with Crippen molar-refractivity contribution < 1.29 is 0 Å². The van der Waals surface area contributed by atoms with Gasteiger partial charge in [-0.1, -0.05) is 91.0 Å². The number of hydrogen-bond acceptors (Lipinski definition) is 3. The number of rotatable bonds is 5. The molecule has 0 unspecified atom stereocenters. The van der Waals surface area contributed by atoms with Crippen LogP contribution in [0.15, 0.2) is 97.1 Å². The first-order chi connectivity index (χ1) is 15.6. The van der Waals surface area contributed by atoms with Gasteiger partial charge in [-0.2, -0.15) is 0 Å². The van der Waals surface area contributed by atoms with Crippen molar-refractivity contribution in [3.63, 3.8) is 0 Å². The average Bonchev–Trinajstić information content (AvgIpc) is 3.15. The van der Waals surface area contributed by atoms with Gasteiger partial charge in [-0.3, -0.25) is 0 Å². The summed E-state index contributed by atoms with van der Waals surface area (Å²) >= 11 is 0. The second-order valence-electron chi connectivity index (χ2n) is 8.19. The second kappa shape index (κ2) is 8.23. The number of hydrogen-bond donors (Lipinski definition) is 1. The Morgan fingerprint density at radius 2 is 1.34 bits per heavy atom. The Bertz CT molecular complexity index is 1360. The number of pyridine rings is 1. The summed E-state index contributed by atoms with van der Waals surface area (Å²) in [4.78, 5) is 7.07. The third kappa shape index (κ3) is 3.50. The average molecular weight is 419 g/mol. The lowest BCUT2D eigenvalue weighted by Crippen LogP contribution is -2.12. The number of benzene rings is 3. The summed E-state index contributed by atoms with van der Waals surface area (Å²) in [6.07, 6.45) is 0. The van der Waals surface area contributed by atoms with E-state index in [2.05, 4.69) is 77.4 Å². The van der Waals surface area contributed by atoms with Gasteiger partial charge in [0.1, 0.15) is 11.5 Å². The Labute approximate surface area is 188 Å². The molecule has 0 amide bonds. The SMILES string of the molecule is CN(C)c1cc(N)c2c(-c3ccccc3)c(-c3ccccc3)n(Cc3ccccc3)c2n1. The molecule has 4 heteroatoms. The minimum atomic E-state index is 0.706. The quantitative estimate of drug-likeness (QED) is 0.377. The molecule has 0 bridgehead atoms.